The van der Waals surface area contributed by atoms with Crippen molar-refractivity contribution in [1.29, 1.82) is 0 Å². The van der Waals surface area contributed by atoms with Gasteiger partial charge in [-0.05, 0) is 24.8 Å². The highest BCUT2D eigenvalue weighted by molar-refractivity contribution is 5.72. The second-order valence-electron chi connectivity index (χ2n) is 3.68. The zero-order valence-electron chi connectivity index (χ0n) is 8.73. The van der Waals surface area contributed by atoms with E-state index in [0.29, 0.717) is 6.42 Å². The molecular weight excluding hydrogens is 190 g/mol. The van der Waals surface area contributed by atoms with Crippen LogP contribution in [0.5, 0.6) is 0 Å². The fourth-order valence-electron chi connectivity index (χ4n) is 1.46. The highest BCUT2D eigenvalue weighted by Gasteiger charge is 2.09. The van der Waals surface area contributed by atoms with Crippen molar-refractivity contribution in [3.63, 3.8) is 0 Å². The van der Waals surface area contributed by atoms with Crippen molar-refractivity contribution in [2.75, 3.05) is 0 Å². The van der Waals surface area contributed by atoms with Gasteiger partial charge in [-0.15, -0.1) is 0 Å². The second-order valence-corrected chi connectivity index (χ2v) is 3.68. The Balaban J connectivity index is 2.15. The predicted molar refractivity (Wildman–Crippen MR) is 59.6 cm³/mol. The summed E-state index contributed by atoms with van der Waals surface area (Å²) < 4.78 is 0. The monoisotopic (exact) mass is 207 g/mol. The van der Waals surface area contributed by atoms with Gasteiger partial charge < -0.3 is 10.8 Å². The number of carboxylic acid groups (broad SMARTS) is 1. The van der Waals surface area contributed by atoms with Gasteiger partial charge >= 0.3 is 5.97 Å². The van der Waals surface area contributed by atoms with E-state index >= 15 is 0 Å². The van der Waals surface area contributed by atoms with Crippen LogP contribution < -0.4 is 5.73 Å². The molecule has 3 nitrogen and oxygen atoms in total. The molecule has 0 saturated heterocycles. The van der Waals surface area contributed by atoms with Crippen LogP contribution in [0.1, 0.15) is 24.8 Å². The molecule has 0 amide bonds. The average molecular weight is 207 g/mol. The first-order valence-electron chi connectivity index (χ1n) is 5.22. The number of benzene rings is 1. The number of rotatable bonds is 6. The Hall–Kier alpha value is -1.35. The lowest BCUT2D eigenvalue weighted by Gasteiger charge is -2.05. The van der Waals surface area contributed by atoms with Crippen LogP contribution in [0.15, 0.2) is 30.3 Å². The smallest absolute Gasteiger partial charge is 0.320 e. The molecule has 0 aliphatic carbocycles. The molecule has 1 rings (SSSR count). The van der Waals surface area contributed by atoms with Crippen LogP contribution in [-0.4, -0.2) is 17.1 Å². The number of aryl methyl sites for hydroxylation is 1. The minimum Gasteiger partial charge on any atom is -0.480 e. The third kappa shape index (κ3) is 4.61. The Morgan fingerprint density at radius 2 is 1.93 bits per heavy atom. The molecule has 3 N–H and O–H groups in total. The first kappa shape index (κ1) is 11.7. The average Bonchev–Trinajstić information content (AvgIpc) is 2.25. The highest BCUT2D eigenvalue weighted by atomic mass is 16.4. The van der Waals surface area contributed by atoms with Crippen molar-refractivity contribution in [2.24, 2.45) is 5.73 Å². The first-order valence-corrected chi connectivity index (χ1v) is 5.22. The molecule has 0 saturated carbocycles. The summed E-state index contributed by atoms with van der Waals surface area (Å²) >= 11 is 0. The molecule has 3 heteroatoms. The first-order chi connectivity index (χ1) is 7.20. The van der Waals surface area contributed by atoms with E-state index < -0.39 is 12.0 Å². The molecule has 0 spiro atoms. The summed E-state index contributed by atoms with van der Waals surface area (Å²) in [6, 6.07) is 9.47. The van der Waals surface area contributed by atoms with Crippen LogP contribution in [0.4, 0.5) is 0 Å². The minimum absolute atomic E-state index is 0.558. The molecule has 15 heavy (non-hydrogen) atoms. The van der Waals surface area contributed by atoms with Crippen LogP contribution in [0, 0.1) is 0 Å². The van der Waals surface area contributed by atoms with Gasteiger partial charge in [-0.3, -0.25) is 4.79 Å². The van der Waals surface area contributed by atoms with Crippen molar-refractivity contribution in [3.05, 3.63) is 35.9 Å². The van der Waals surface area contributed by atoms with E-state index in [0.717, 1.165) is 19.3 Å². The number of nitrogens with two attached hydrogens (primary N) is 1. The zero-order valence-corrected chi connectivity index (χ0v) is 8.73. The van der Waals surface area contributed by atoms with Crippen LogP contribution in [0.3, 0.4) is 0 Å². The molecular formula is C12H17NO2. The third-order valence-electron chi connectivity index (χ3n) is 2.39. The van der Waals surface area contributed by atoms with Gasteiger partial charge in [0.2, 0.25) is 0 Å². The zero-order chi connectivity index (χ0) is 11.1. The summed E-state index contributed by atoms with van der Waals surface area (Å²) in [6.45, 7) is 0. The van der Waals surface area contributed by atoms with Gasteiger partial charge in [0.15, 0.2) is 0 Å². The number of carboxylic acids is 1. The summed E-state index contributed by atoms with van der Waals surface area (Å²) in [5.74, 6) is -0.908. The van der Waals surface area contributed by atoms with E-state index in [1.54, 1.807) is 0 Å². The Kier molecular flexibility index (Phi) is 4.84. The highest BCUT2D eigenvalue weighted by Crippen LogP contribution is 2.07. The maximum atomic E-state index is 10.4. The van der Waals surface area contributed by atoms with Crippen LogP contribution in [0.2, 0.25) is 0 Å². The topological polar surface area (TPSA) is 63.3 Å². The van der Waals surface area contributed by atoms with E-state index in [9.17, 15) is 4.79 Å². The number of unbranched alkanes of at least 4 members (excludes halogenated alkanes) is 1. The van der Waals surface area contributed by atoms with Gasteiger partial charge in [-0.1, -0.05) is 36.8 Å². The molecule has 0 heterocycles. The van der Waals surface area contributed by atoms with Crippen molar-refractivity contribution in [1.82, 2.24) is 0 Å². The van der Waals surface area contributed by atoms with Gasteiger partial charge in [-0.2, -0.15) is 0 Å². The quantitative estimate of drug-likeness (QED) is 0.699. The Labute approximate surface area is 89.9 Å². The van der Waals surface area contributed by atoms with Crippen molar-refractivity contribution in [2.45, 2.75) is 31.7 Å². The number of hydrogen-bond donors (Lipinski definition) is 2. The lowest BCUT2D eigenvalue weighted by Crippen LogP contribution is -2.29. The van der Waals surface area contributed by atoms with Crippen molar-refractivity contribution < 1.29 is 9.90 Å². The largest absolute Gasteiger partial charge is 0.480 e. The number of carbonyl (C=O) groups is 1. The van der Waals surface area contributed by atoms with E-state index in [4.69, 9.17) is 10.8 Å². The van der Waals surface area contributed by atoms with Crippen LogP contribution in [0.25, 0.3) is 0 Å². The van der Waals surface area contributed by atoms with Crippen LogP contribution >= 0.6 is 0 Å². The minimum atomic E-state index is -0.908. The molecule has 1 aromatic rings. The SMILES string of the molecule is N[C@@H](CCCCc1ccccc1)C(=O)O. The maximum absolute atomic E-state index is 10.4. The van der Waals surface area contributed by atoms with E-state index in [1.165, 1.54) is 5.56 Å². The predicted octanol–water partition coefficient (Wildman–Crippen LogP) is 1.81. The molecule has 1 aromatic carbocycles. The van der Waals surface area contributed by atoms with E-state index in [1.807, 2.05) is 18.2 Å². The molecule has 0 fully saturated rings. The molecule has 82 valence electrons. The Morgan fingerprint density at radius 3 is 2.53 bits per heavy atom. The fraction of sp³-hybridized carbons (Fsp3) is 0.417. The molecule has 1 atom stereocenters. The fourth-order valence-corrected chi connectivity index (χ4v) is 1.46. The summed E-state index contributed by atoms with van der Waals surface area (Å²) in [5.41, 5.74) is 6.69. The summed E-state index contributed by atoms with van der Waals surface area (Å²) in [7, 11) is 0. The molecule has 0 unspecified atom stereocenters. The molecule has 0 aliphatic heterocycles. The molecule has 0 radical (unpaired) electrons. The lowest BCUT2D eigenvalue weighted by molar-refractivity contribution is -0.138. The number of aliphatic carboxylic acids is 1. The second kappa shape index (κ2) is 6.19. The maximum Gasteiger partial charge on any atom is 0.320 e. The van der Waals surface area contributed by atoms with Gasteiger partial charge in [0.25, 0.3) is 0 Å². The van der Waals surface area contributed by atoms with Gasteiger partial charge in [0.1, 0.15) is 6.04 Å². The third-order valence-corrected chi connectivity index (χ3v) is 2.39. The standard InChI is InChI=1S/C12H17NO2/c13-11(12(14)15)9-5-4-8-10-6-2-1-3-7-10/h1-3,6-7,11H,4-5,8-9,13H2,(H,14,15)/t11-/m0/s1. The van der Waals surface area contributed by atoms with Crippen molar-refractivity contribution >= 4 is 5.97 Å². The Bertz CT molecular complexity index is 298. The lowest BCUT2D eigenvalue weighted by atomic mass is 10.0. The Morgan fingerprint density at radius 1 is 1.27 bits per heavy atom. The van der Waals surface area contributed by atoms with Gasteiger partial charge in [-0.25, -0.2) is 0 Å². The summed E-state index contributed by atoms with van der Waals surface area (Å²) in [5, 5.41) is 8.57. The normalized spacial score (nSPS) is 12.3. The summed E-state index contributed by atoms with van der Waals surface area (Å²) in [6.07, 6.45) is 3.41. The number of hydrogen-bond acceptors (Lipinski definition) is 2. The molecule has 0 aliphatic rings. The molecule has 0 bridgehead atoms. The van der Waals surface area contributed by atoms with Crippen LogP contribution in [-0.2, 0) is 11.2 Å². The van der Waals surface area contributed by atoms with Crippen molar-refractivity contribution in [3.8, 4) is 0 Å². The van der Waals surface area contributed by atoms with Gasteiger partial charge in [0.05, 0.1) is 0 Å². The van der Waals surface area contributed by atoms with E-state index in [-0.39, 0.29) is 0 Å². The van der Waals surface area contributed by atoms with E-state index in [2.05, 4.69) is 12.1 Å². The van der Waals surface area contributed by atoms with Gasteiger partial charge in [0, 0.05) is 0 Å². The summed E-state index contributed by atoms with van der Waals surface area (Å²) in [4.78, 5) is 10.4. The molecule has 0 aromatic heterocycles.